The molecule has 11 heteroatoms. The van der Waals surface area contributed by atoms with Gasteiger partial charge in [-0.05, 0) is 57.2 Å². The molecule has 0 aromatic heterocycles. The number of unbranched alkanes of at least 4 members (excludes halogenated alkanes) is 1. The molecule has 2 aromatic carbocycles. The first-order valence-electron chi connectivity index (χ1n) is 13.7. The van der Waals surface area contributed by atoms with Crippen molar-refractivity contribution in [3.8, 4) is 11.1 Å². The number of carbonyl (C=O) groups excluding carboxylic acids is 2. The van der Waals surface area contributed by atoms with Crippen molar-refractivity contribution in [2.75, 3.05) is 13.9 Å². The fourth-order valence-electron chi connectivity index (χ4n) is 4.20. The molecule has 2 aliphatic rings. The van der Waals surface area contributed by atoms with E-state index in [9.17, 15) is 9.59 Å². The van der Waals surface area contributed by atoms with Crippen LogP contribution in [0.25, 0.3) is 11.1 Å². The van der Waals surface area contributed by atoms with Crippen LogP contribution in [0.1, 0.15) is 65.0 Å². The van der Waals surface area contributed by atoms with E-state index in [4.69, 9.17) is 0 Å². The van der Waals surface area contributed by atoms with Crippen molar-refractivity contribution in [3.05, 3.63) is 71.1 Å². The predicted octanol–water partition coefficient (Wildman–Crippen LogP) is 4.13. The Balaban J connectivity index is 0.000000413. The quantitative estimate of drug-likeness (QED) is 0.169. The largest absolute Gasteiger partial charge is 0.465 e. The molecule has 0 spiro atoms. The van der Waals surface area contributed by atoms with E-state index < -0.39 is 0 Å². The van der Waals surface area contributed by atoms with E-state index in [2.05, 4.69) is 109 Å². The van der Waals surface area contributed by atoms with Gasteiger partial charge < -0.3 is 24.4 Å². The lowest BCUT2D eigenvalue weighted by Crippen LogP contribution is -2.36. The first-order valence-corrected chi connectivity index (χ1v) is 13.7. The number of methoxy groups -OCH3 is 1. The van der Waals surface area contributed by atoms with Crippen molar-refractivity contribution in [1.29, 1.82) is 0 Å². The van der Waals surface area contributed by atoms with E-state index in [-0.39, 0.29) is 12.9 Å². The fourth-order valence-corrected chi connectivity index (χ4v) is 4.20. The number of hydrogen-bond donors (Lipinski definition) is 4. The Morgan fingerprint density at radius 3 is 2.24 bits per heavy atom. The van der Waals surface area contributed by atoms with Gasteiger partial charge in [0, 0.05) is 30.6 Å². The highest BCUT2D eigenvalue weighted by Crippen LogP contribution is 2.28. The number of nitrogens with one attached hydrogen (secondary N) is 4. The van der Waals surface area contributed by atoms with Gasteiger partial charge in [0.05, 0.1) is 12.3 Å². The Labute approximate surface area is 243 Å². The van der Waals surface area contributed by atoms with Crippen molar-refractivity contribution in [2.45, 2.75) is 72.7 Å². The lowest BCUT2D eigenvalue weighted by Gasteiger charge is -2.28. The zero-order valence-electron chi connectivity index (χ0n) is 24.9. The van der Waals surface area contributed by atoms with Gasteiger partial charge >= 0.3 is 0 Å². The third-order valence-corrected chi connectivity index (χ3v) is 6.35. The third kappa shape index (κ3) is 10.8. The summed E-state index contributed by atoms with van der Waals surface area (Å²) < 4.78 is 12.8. The van der Waals surface area contributed by atoms with Gasteiger partial charge in [-0.3, -0.25) is 15.0 Å². The van der Waals surface area contributed by atoms with Gasteiger partial charge in [0.1, 0.15) is 0 Å². The second-order valence-electron chi connectivity index (χ2n) is 9.66. The minimum atomic E-state index is 0.0301. The van der Waals surface area contributed by atoms with Crippen LogP contribution < -0.4 is 21.8 Å². The monoisotopic (exact) mass is 568 g/mol. The highest BCUT2D eigenvalue weighted by molar-refractivity contribution is 6.04. The molecule has 2 heterocycles. The number of rotatable bonds is 12. The predicted molar refractivity (Wildman–Crippen MR) is 159 cm³/mol. The lowest BCUT2D eigenvalue weighted by atomic mass is 9.98. The fraction of sp³-hybridized carbons (Fsp3) is 0.433. The molecule has 0 aliphatic carbocycles. The molecule has 0 radical (unpaired) electrons. The third-order valence-electron chi connectivity index (χ3n) is 6.35. The van der Waals surface area contributed by atoms with Gasteiger partial charge in [-0.1, -0.05) is 61.9 Å². The molecule has 0 saturated heterocycles. The summed E-state index contributed by atoms with van der Waals surface area (Å²) in [5, 5.41) is 7.91. The molecule has 2 aromatic rings. The minimum Gasteiger partial charge on any atom is -0.465 e. The lowest BCUT2D eigenvalue weighted by molar-refractivity contribution is -0.138. The van der Waals surface area contributed by atoms with Crippen LogP contribution in [0.4, 0.5) is 0 Å². The molecule has 0 saturated carbocycles. The van der Waals surface area contributed by atoms with Crippen molar-refractivity contribution in [2.24, 2.45) is 5.10 Å². The van der Waals surface area contributed by atoms with Gasteiger partial charge in [-0.25, -0.2) is 5.53 Å². The number of nitrogens with zero attached hydrogens (tertiary/aromatic N) is 2. The minimum absolute atomic E-state index is 0.0301. The SMILES string of the molecule is CC(C)OC=O.CCCCC1NC(C)=C(C)N1Cc1ccc(-c2ccccc2C2=NNNN2)cc1.COCOC=O. The molecule has 0 fully saturated rings. The average Bonchev–Trinajstić information content (AvgIpc) is 3.61. The van der Waals surface area contributed by atoms with Gasteiger partial charge in [0.25, 0.3) is 12.9 Å². The number of hydrazone groups is 1. The first kappa shape index (κ1) is 33.1. The second-order valence-corrected chi connectivity index (χ2v) is 9.66. The molecular weight excluding hydrogens is 524 g/mol. The Hall–Kier alpha value is -4.09. The van der Waals surface area contributed by atoms with E-state index in [1.54, 1.807) is 13.8 Å². The molecule has 1 atom stereocenters. The van der Waals surface area contributed by atoms with Crippen molar-refractivity contribution < 1.29 is 23.8 Å². The zero-order valence-corrected chi connectivity index (χ0v) is 24.9. The van der Waals surface area contributed by atoms with E-state index in [1.807, 2.05) is 6.07 Å². The van der Waals surface area contributed by atoms with Gasteiger partial charge in [-0.2, -0.15) is 0 Å². The van der Waals surface area contributed by atoms with Gasteiger partial charge in [-0.15, -0.1) is 10.6 Å². The maximum absolute atomic E-state index is 9.39. The number of carbonyl (C=O) groups is 2. The van der Waals surface area contributed by atoms with Crippen molar-refractivity contribution in [3.63, 3.8) is 0 Å². The molecule has 224 valence electrons. The second kappa shape index (κ2) is 18.3. The molecule has 11 nitrogen and oxygen atoms in total. The molecule has 2 aliphatic heterocycles. The van der Waals surface area contributed by atoms with E-state index >= 15 is 0 Å². The summed E-state index contributed by atoms with van der Waals surface area (Å²) in [5.74, 6) is 0.794. The van der Waals surface area contributed by atoms with Crippen LogP contribution >= 0.6 is 0 Å². The summed E-state index contributed by atoms with van der Waals surface area (Å²) >= 11 is 0. The summed E-state index contributed by atoms with van der Waals surface area (Å²) in [6.45, 7) is 12.0. The molecule has 4 N–H and O–H groups in total. The summed E-state index contributed by atoms with van der Waals surface area (Å²) in [4.78, 5) is 21.2. The van der Waals surface area contributed by atoms with Crippen LogP contribution in [0.3, 0.4) is 0 Å². The number of benzene rings is 2. The Morgan fingerprint density at radius 1 is 1.02 bits per heavy atom. The topological polar surface area (TPSA) is 126 Å². The van der Waals surface area contributed by atoms with Gasteiger partial charge in [0.15, 0.2) is 12.6 Å². The molecule has 0 amide bonds. The molecule has 1 unspecified atom stereocenters. The van der Waals surface area contributed by atoms with E-state index in [0.717, 1.165) is 23.5 Å². The van der Waals surface area contributed by atoms with Crippen LogP contribution in [0.15, 0.2) is 65.0 Å². The van der Waals surface area contributed by atoms with Crippen LogP contribution in [-0.4, -0.2) is 49.9 Å². The highest BCUT2D eigenvalue weighted by Gasteiger charge is 2.26. The van der Waals surface area contributed by atoms with Crippen LogP contribution in [0.5, 0.6) is 0 Å². The van der Waals surface area contributed by atoms with Crippen LogP contribution in [0.2, 0.25) is 0 Å². The number of hydrogen-bond acceptors (Lipinski definition) is 11. The summed E-state index contributed by atoms with van der Waals surface area (Å²) in [7, 11) is 1.45. The number of ether oxygens (including phenoxy) is 3. The van der Waals surface area contributed by atoms with Gasteiger partial charge in [0.2, 0.25) is 0 Å². The zero-order chi connectivity index (χ0) is 30.0. The Bertz CT molecular complexity index is 1140. The molecule has 0 bridgehead atoms. The van der Waals surface area contributed by atoms with Crippen molar-refractivity contribution >= 4 is 18.8 Å². The molecular formula is C30H44N6O5. The maximum atomic E-state index is 9.39. The normalized spacial score (nSPS) is 15.3. The summed E-state index contributed by atoms with van der Waals surface area (Å²) in [5.41, 5.74) is 16.0. The maximum Gasteiger partial charge on any atom is 0.295 e. The average molecular weight is 569 g/mol. The smallest absolute Gasteiger partial charge is 0.295 e. The van der Waals surface area contributed by atoms with Crippen LogP contribution in [-0.2, 0) is 30.3 Å². The standard InChI is InChI=1S/C23H30N6.C4H8O2.C3H6O3/c1-4-5-10-22-24-16(2)17(3)29(22)15-18-11-13-19(14-12-18)20-8-6-7-9-21(20)23-25-27-28-26-23;1-4(2)6-3-5;1-5-3-6-2-4/h6-9,11-14,22,24,27-28H,4-5,10,15H2,1-3H3,(H,25,26);3-4H,1-2H3;2H,3H2,1H3. The van der Waals surface area contributed by atoms with Crippen LogP contribution in [0, 0.1) is 0 Å². The number of hydrazine groups is 2. The van der Waals surface area contributed by atoms with E-state index in [0.29, 0.717) is 19.1 Å². The molecule has 4 rings (SSSR count). The number of allylic oxidation sites excluding steroid dienone is 2. The Kier molecular flexibility index (Phi) is 14.8. The highest BCUT2D eigenvalue weighted by atomic mass is 16.7. The van der Waals surface area contributed by atoms with Crippen molar-refractivity contribution in [1.82, 2.24) is 26.7 Å². The summed E-state index contributed by atoms with van der Waals surface area (Å²) in [6, 6.07) is 17.2. The Morgan fingerprint density at radius 2 is 1.73 bits per heavy atom. The first-order chi connectivity index (χ1) is 19.9. The summed E-state index contributed by atoms with van der Waals surface area (Å²) in [6.07, 6.45) is 4.08. The van der Waals surface area contributed by atoms with E-state index in [1.165, 1.54) is 48.9 Å². The number of amidine groups is 1. The molecule has 41 heavy (non-hydrogen) atoms.